The maximum atomic E-state index is 16.9. The van der Waals surface area contributed by atoms with Crippen molar-refractivity contribution in [3.63, 3.8) is 0 Å². The fourth-order valence-electron chi connectivity index (χ4n) is 10.4. The zero-order valence-corrected chi connectivity index (χ0v) is 28.9. The van der Waals surface area contributed by atoms with Crippen molar-refractivity contribution in [1.29, 1.82) is 5.26 Å². The van der Waals surface area contributed by atoms with E-state index in [1.165, 1.54) is 6.08 Å². The van der Waals surface area contributed by atoms with Crippen molar-refractivity contribution in [3.8, 4) is 6.07 Å². The molecule has 3 N–H and O–H groups in total. The zero-order valence-electron chi connectivity index (χ0n) is 28.9. The van der Waals surface area contributed by atoms with Gasteiger partial charge in [-0.25, -0.2) is 18.3 Å². The van der Waals surface area contributed by atoms with Gasteiger partial charge in [-0.2, -0.15) is 5.26 Å². The minimum Gasteiger partial charge on any atom is -0.332 e. The molecule has 3 amide bonds. The van der Waals surface area contributed by atoms with Gasteiger partial charge in [-0.1, -0.05) is 32.1 Å². The number of fused-ring (bicyclic) bond motifs is 6. The topological polar surface area (TPSA) is 134 Å². The van der Waals surface area contributed by atoms with Gasteiger partial charge >= 0.3 is 6.03 Å². The van der Waals surface area contributed by atoms with Crippen LogP contribution in [0.15, 0.2) is 18.9 Å². The predicted octanol–water partition coefficient (Wildman–Crippen LogP) is 2.59. The minimum absolute atomic E-state index is 0.0243. The largest absolute Gasteiger partial charge is 0.332 e. The van der Waals surface area contributed by atoms with Crippen LogP contribution in [0.5, 0.6) is 0 Å². The SMILES string of the molecule is C=CC(=O)N1CC(C)N(C2NC(=O)N3C4NC(C(F)CC24)C2C(F)CCCC2Cc2cnnn2CC2CCNC(C(C)C)C23)CC1CC#N. The number of piperazine rings is 1. The molecule has 1 saturated carbocycles. The summed E-state index contributed by atoms with van der Waals surface area (Å²) >= 11 is 0. The number of nitrogens with zero attached hydrogens (tertiary/aromatic N) is 7. The number of hydrogen-bond donors (Lipinski definition) is 3. The van der Waals surface area contributed by atoms with E-state index in [2.05, 4.69) is 57.7 Å². The third-order valence-electron chi connectivity index (χ3n) is 12.7. The van der Waals surface area contributed by atoms with E-state index in [-0.39, 0.29) is 66.6 Å². The molecule has 0 aromatic carbocycles. The van der Waals surface area contributed by atoms with Gasteiger partial charge in [-0.3, -0.25) is 15.0 Å². The Balaban J connectivity index is 1.31. The molecule has 0 spiro atoms. The summed E-state index contributed by atoms with van der Waals surface area (Å²) in [5, 5.41) is 29.2. The van der Waals surface area contributed by atoms with Crippen molar-refractivity contribution in [2.45, 2.75) is 127 Å². The number of amides is 3. The molecule has 1 aliphatic carbocycles. The highest BCUT2D eigenvalue weighted by molar-refractivity contribution is 5.87. The molecule has 14 heteroatoms. The Morgan fingerprint density at radius 2 is 1.98 bits per heavy atom. The second-order valence-corrected chi connectivity index (χ2v) is 15.8. The zero-order chi connectivity index (χ0) is 34.6. The number of urea groups is 1. The Labute approximate surface area is 288 Å². The van der Waals surface area contributed by atoms with Crippen molar-refractivity contribution in [2.75, 3.05) is 19.6 Å². The van der Waals surface area contributed by atoms with Crippen LogP contribution in [0.3, 0.4) is 0 Å². The first-order valence-corrected chi connectivity index (χ1v) is 18.4. The van der Waals surface area contributed by atoms with E-state index in [1.54, 1.807) is 11.1 Å². The Bertz CT molecular complexity index is 1430. The van der Waals surface area contributed by atoms with Crippen LogP contribution in [0.4, 0.5) is 13.6 Å². The van der Waals surface area contributed by atoms with Gasteiger partial charge in [-0.05, 0) is 63.5 Å². The molecule has 12 nitrogen and oxygen atoms in total. The number of carbonyl (C=O) groups is 2. The first kappa shape index (κ1) is 34.3. The number of aromatic nitrogens is 3. The third-order valence-corrected chi connectivity index (χ3v) is 12.7. The highest BCUT2D eigenvalue weighted by atomic mass is 19.1. The molecule has 13 atom stereocenters. The van der Waals surface area contributed by atoms with Crippen LogP contribution < -0.4 is 16.0 Å². The lowest BCUT2D eigenvalue weighted by atomic mass is 9.68. The van der Waals surface area contributed by atoms with E-state index in [0.717, 1.165) is 31.5 Å². The van der Waals surface area contributed by atoms with Crippen LogP contribution in [-0.4, -0.2) is 116 Å². The molecule has 5 aliphatic heterocycles. The summed E-state index contributed by atoms with van der Waals surface area (Å²) in [4.78, 5) is 33.3. The van der Waals surface area contributed by atoms with Crippen LogP contribution in [0, 0.1) is 40.9 Å². The van der Waals surface area contributed by atoms with Gasteiger partial charge in [-0.15, -0.1) is 5.10 Å². The Hall–Kier alpha value is -3.15. The lowest BCUT2D eigenvalue weighted by molar-refractivity contribution is -0.137. The molecule has 7 rings (SSSR count). The van der Waals surface area contributed by atoms with Crippen molar-refractivity contribution < 1.29 is 18.4 Å². The fourth-order valence-corrected chi connectivity index (χ4v) is 10.4. The van der Waals surface area contributed by atoms with Gasteiger partial charge in [0, 0.05) is 55.5 Å². The molecule has 2 bridgehead atoms. The summed E-state index contributed by atoms with van der Waals surface area (Å²) in [6.45, 7) is 12.1. The number of alkyl halides is 2. The average Bonchev–Trinajstić information content (AvgIpc) is 3.50. The monoisotopic (exact) mass is 682 g/mol. The highest BCUT2D eigenvalue weighted by Crippen LogP contribution is 2.45. The first-order valence-electron chi connectivity index (χ1n) is 18.4. The van der Waals surface area contributed by atoms with Gasteiger partial charge in [0.05, 0.1) is 48.8 Å². The molecule has 1 aromatic rings. The van der Waals surface area contributed by atoms with Crippen molar-refractivity contribution >= 4 is 11.9 Å². The molecule has 268 valence electrons. The summed E-state index contributed by atoms with van der Waals surface area (Å²) < 4.78 is 35.0. The van der Waals surface area contributed by atoms with Gasteiger partial charge in [0.2, 0.25) is 5.91 Å². The molecule has 49 heavy (non-hydrogen) atoms. The summed E-state index contributed by atoms with van der Waals surface area (Å²) in [7, 11) is 0. The second kappa shape index (κ2) is 13.9. The quantitative estimate of drug-likeness (QED) is 0.413. The van der Waals surface area contributed by atoms with Crippen molar-refractivity contribution in [1.82, 2.24) is 45.6 Å². The van der Waals surface area contributed by atoms with E-state index >= 15 is 8.78 Å². The average molecular weight is 683 g/mol. The van der Waals surface area contributed by atoms with Crippen LogP contribution >= 0.6 is 0 Å². The van der Waals surface area contributed by atoms with Crippen LogP contribution in [0.1, 0.15) is 65.0 Å². The summed E-state index contributed by atoms with van der Waals surface area (Å²) in [6, 6.07) is 0.405. The lowest BCUT2D eigenvalue weighted by Gasteiger charge is -2.60. The normalized spacial score (nSPS) is 41.2. The molecule has 5 fully saturated rings. The minimum atomic E-state index is -1.33. The molecule has 6 aliphatic rings. The molecule has 13 unspecified atom stereocenters. The van der Waals surface area contributed by atoms with Crippen molar-refractivity contribution in [2.24, 2.45) is 29.6 Å². The number of halogens is 2. The highest BCUT2D eigenvalue weighted by Gasteiger charge is 2.58. The molecule has 4 saturated heterocycles. The Morgan fingerprint density at radius 1 is 1.16 bits per heavy atom. The predicted molar refractivity (Wildman–Crippen MR) is 178 cm³/mol. The summed E-state index contributed by atoms with van der Waals surface area (Å²) in [5.41, 5.74) is 0.946. The van der Waals surface area contributed by atoms with Gasteiger partial charge < -0.3 is 20.4 Å². The Morgan fingerprint density at radius 3 is 2.73 bits per heavy atom. The van der Waals surface area contributed by atoms with Crippen LogP contribution in [-0.2, 0) is 17.8 Å². The van der Waals surface area contributed by atoms with Crippen molar-refractivity contribution in [3.05, 3.63) is 24.5 Å². The standard InChI is InChI=1S/C35H52F2N10O2/c1-5-28(48)45-16-20(4)44(18-23(45)9-11-38)33-25-14-27(37)31-29-21(7-6-8-26(29)36)13-24-15-40-43-46(24)17-22-10-12-39-30(19(2)3)32(22)47(34(25)41-31)35(49)42-33/h5,15,19-23,25-27,29-34,39,41H,1,6-10,12-14,16-18H2,2-4H3,(H,42,49). The van der Waals surface area contributed by atoms with E-state index in [9.17, 15) is 14.9 Å². The smallest absolute Gasteiger partial charge is 0.320 e. The number of hydrogen-bond acceptors (Lipinski definition) is 8. The van der Waals surface area contributed by atoms with Gasteiger partial charge in [0.15, 0.2) is 0 Å². The molecular formula is C35H52F2N10O2. The number of piperidine rings is 2. The number of carbonyl (C=O) groups excluding carboxylic acids is 2. The van der Waals surface area contributed by atoms with E-state index < -0.39 is 42.7 Å². The molecule has 6 heterocycles. The van der Waals surface area contributed by atoms with Crippen LogP contribution in [0.25, 0.3) is 0 Å². The lowest BCUT2D eigenvalue weighted by Crippen LogP contribution is -2.80. The van der Waals surface area contributed by atoms with E-state index in [4.69, 9.17) is 0 Å². The Kier molecular flexibility index (Phi) is 9.71. The molecule has 1 aromatic heterocycles. The second-order valence-electron chi connectivity index (χ2n) is 15.8. The number of nitrogens with one attached hydrogen (secondary N) is 3. The summed E-state index contributed by atoms with van der Waals surface area (Å²) in [6.07, 6.45) is 3.17. The van der Waals surface area contributed by atoms with Gasteiger partial charge in [0.1, 0.15) is 12.3 Å². The van der Waals surface area contributed by atoms with E-state index in [1.807, 2.05) is 16.5 Å². The number of nitriles is 1. The maximum Gasteiger partial charge on any atom is 0.320 e. The van der Waals surface area contributed by atoms with E-state index in [0.29, 0.717) is 32.5 Å². The number of rotatable bonds is 4. The molecular weight excluding hydrogens is 630 g/mol. The summed E-state index contributed by atoms with van der Waals surface area (Å²) in [5.74, 6) is -0.965. The van der Waals surface area contributed by atoms with Gasteiger partial charge in [0.25, 0.3) is 0 Å². The molecule has 0 radical (unpaired) electrons. The first-order chi connectivity index (χ1) is 23.6. The third kappa shape index (κ3) is 6.14. The maximum absolute atomic E-state index is 16.9. The fraction of sp³-hybridized carbons (Fsp3) is 0.800. The van der Waals surface area contributed by atoms with Crippen LogP contribution in [0.2, 0.25) is 0 Å².